The summed E-state index contributed by atoms with van der Waals surface area (Å²) in [5.74, 6) is -0.693. The molecule has 0 unspecified atom stereocenters. The number of nitrogens with zero attached hydrogens (tertiary/aromatic N) is 1. The molecule has 0 aliphatic heterocycles. The van der Waals surface area contributed by atoms with E-state index in [1.165, 1.54) is 36.5 Å². The van der Waals surface area contributed by atoms with Crippen LogP contribution in [0.4, 0.5) is 4.39 Å². The minimum Gasteiger partial charge on any atom is -0.503 e. The number of aromatic nitrogens is 1. The van der Waals surface area contributed by atoms with Crippen LogP contribution in [-0.4, -0.2) is 14.8 Å². The fourth-order valence-corrected chi connectivity index (χ4v) is 1.84. The Kier molecular flexibility index (Phi) is 3.66. The average molecular weight is 263 g/mol. The molecule has 1 atom stereocenters. The molecule has 19 heavy (non-hydrogen) atoms. The van der Waals surface area contributed by atoms with Crippen molar-refractivity contribution in [3.63, 3.8) is 0 Å². The van der Waals surface area contributed by atoms with E-state index < -0.39 is 11.5 Å². The van der Waals surface area contributed by atoms with Crippen LogP contribution in [0.3, 0.4) is 0 Å². The molecular formula is C14H14FNO3. The summed E-state index contributed by atoms with van der Waals surface area (Å²) in [7, 11) is 0. The molecule has 1 aromatic heterocycles. The molecule has 2 N–H and O–H groups in total. The predicted molar refractivity (Wildman–Crippen MR) is 68.5 cm³/mol. The highest BCUT2D eigenvalue weighted by Crippen LogP contribution is 2.18. The predicted octanol–water partition coefficient (Wildman–Crippen LogP) is 1.74. The SMILES string of the molecule is Cc1c(O)c(=O)ccn1C[C@H](O)c1ccc(F)cc1. The minimum absolute atomic E-state index is 0.172. The Hall–Kier alpha value is -2.14. The fourth-order valence-electron chi connectivity index (χ4n) is 1.84. The zero-order valence-corrected chi connectivity index (χ0v) is 10.4. The third-order valence-electron chi connectivity index (χ3n) is 3.04. The summed E-state index contributed by atoms with van der Waals surface area (Å²) in [5, 5.41) is 19.6. The molecule has 0 spiro atoms. The molecule has 0 radical (unpaired) electrons. The third kappa shape index (κ3) is 2.82. The van der Waals surface area contributed by atoms with Gasteiger partial charge in [-0.2, -0.15) is 0 Å². The first-order valence-corrected chi connectivity index (χ1v) is 5.81. The summed E-state index contributed by atoms with van der Waals surface area (Å²) in [4.78, 5) is 11.2. The van der Waals surface area contributed by atoms with E-state index in [0.29, 0.717) is 11.3 Å². The van der Waals surface area contributed by atoms with Gasteiger partial charge in [-0.15, -0.1) is 0 Å². The lowest BCUT2D eigenvalue weighted by atomic mass is 10.1. The van der Waals surface area contributed by atoms with Crippen LogP contribution in [0, 0.1) is 12.7 Å². The maximum atomic E-state index is 12.8. The highest BCUT2D eigenvalue weighted by atomic mass is 19.1. The maximum absolute atomic E-state index is 12.8. The summed E-state index contributed by atoms with van der Waals surface area (Å²) in [6.45, 7) is 1.76. The average Bonchev–Trinajstić information content (AvgIpc) is 2.40. The molecule has 0 bridgehead atoms. The van der Waals surface area contributed by atoms with Crippen molar-refractivity contribution in [3.05, 3.63) is 63.8 Å². The number of aliphatic hydroxyl groups excluding tert-OH is 1. The van der Waals surface area contributed by atoms with Gasteiger partial charge in [0, 0.05) is 12.3 Å². The number of aromatic hydroxyl groups is 1. The normalized spacial score (nSPS) is 12.4. The molecule has 0 saturated carbocycles. The van der Waals surface area contributed by atoms with Crippen molar-refractivity contribution in [2.45, 2.75) is 19.6 Å². The lowest BCUT2D eigenvalue weighted by Gasteiger charge is -2.16. The van der Waals surface area contributed by atoms with Gasteiger partial charge >= 0.3 is 0 Å². The van der Waals surface area contributed by atoms with E-state index in [0.717, 1.165) is 0 Å². The Bertz CT molecular complexity index is 634. The molecule has 0 fully saturated rings. The van der Waals surface area contributed by atoms with Crippen molar-refractivity contribution in [2.75, 3.05) is 0 Å². The molecule has 4 nitrogen and oxygen atoms in total. The van der Waals surface area contributed by atoms with Crippen LogP contribution in [0.15, 0.2) is 41.3 Å². The van der Waals surface area contributed by atoms with Gasteiger partial charge in [0.1, 0.15) is 5.82 Å². The van der Waals surface area contributed by atoms with Crippen molar-refractivity contribution in [2.24, 2.45) is 0 Å². The quantitative estimate of drug-likeness (QED) is 0.886. The highest BCUT2D eigenvalue weighted by Gasteiger charge is 2.11. The summed E-state index contributed by atoms with van der Waals surface area (Å²) in [6.07, 6.45) is 0.658. The molecule has 0 saturated heterocycles. The number of hydrogen-bond donors (Lipinski definition) is 2. The van der Waals surface area contributed by atoms with E-state index in [4.69, 9.17) is 0 Å². The van der Waals surface area contributed by atoms with E-state index in [-0.39, 0.29) is 18.1 Å². The standard InChI is InChI=1S/C14H14FNO3/c1-9-14(19)12(17)6-7-16(9)8-13(18)10-2-4-11(15)5-3-10/h2-7,13,18-19H,8H2,1H3/t13-/m0/s1. The second-order valence-electron chi connectivity index (χ2n) is 4.33. The molecule has 1 heterocycles. The van der Waals surface area contributed by atoms with E-state index >= 15 is 0 Å². The summed E-state index contributed by atoms with van der Waals surface area (Å²) in [5.41, 5.74) is 0.498. The molecular weight excluding hydrogens is 249 g/mol. The van der Waals surface area contributed by atoms with Gasteiger partial charge in [-0.25, -0.2) is 4.39 Å². The Morgan fingerprint density at radius 3 is 2.53 bits per heavy atom. The zero-order chi connectivity index (χ0) is 14.0. The Morgan fingerprint density at radius 1 is 1.26 bits per heavy atom. The van der Waals surface area contributed by atoms with Gasteiger partial charge in [0.05, 0.1) is 18.3 Å². The molecule has 0 aliphatic carbocycles. The molecule has 1 aromatic carbocycles. The number of hydrogen-bond acceptors (Lipinski definition) is 3. The largest absolute Gasteiger partial charge is 0.503 e. The van der Waals surface area contributed by atoms with Crippen LogP contribution in [-0.2, 0) is 6.54 Å². The second kappa shape index (κ2) is 5.24. The van der Waals surface area contributed by atoms with Crippen molar-refractivity contribution < 1.29 is 14.6 Å². The van der Waals surface area contributed by atoms with Gasteiger partial charge in [-0.3, -0.25) is 4.79 Å². The molecule has 0 amide bonds. The summed E-state index contributed by atoms with van der Waals surface area (Å²) in [6, 6.07) is 6.78. The summed E-state index contributed by atoms with van der Waals surface area (Å²) < 4.78 is 14.4. The van der Waals surface area contributed by atoms with Gasteiger partial charge in [0.2, 0.25) is 5.43 Å². The van der Waals surface area contributed by atoms with E-state index in [1.54, 1.807) is 11.5 Å². The summed E-state index contributed by atoms with van der Waals surface area (Å²) >= 11 is 0. The van der Waals surface area contributed by atoms with Crippen LogP contribution in [0.5, 0.6) is 5.75 Å². The minimum atomic E-state index is -0.846. The first-order chi connectivity index (χ1) is 8.99. The lowest BCUT2D eigenvalue weighted by molar-refractivity contribution is 0.155. The number of pyridine rings is 1. The topological polar surface area (TPSA) is 62.5 Å². The molecule has 5 heteroatoms. The van der Waals surface area contributed by atoms with Crippen LogP contribution < -0.4 is 5.43 Å². The van der Waals surface area contributed by atoms with E-state index in [1.807, 2.05) is 0 Å². The van der Waals surface area contributed by atoms with Gasteiger partial charge in [-0.05, 0) is 24.6 Å². The second-order valence-corrected chi connectivity index (χ2v) is 4.33. The van der Waals surface area contributed by atoms with E-state index in [9.17, 15) is 19.4 Å². The van der Waals surface area contributed by atoms with Crippen LogP contribution in [0.25, 0.3) is 0 Å². The van der Waals surface area contributed by atoms with Gasteiger partial charge < -0.3 is 14.8 Å². The smallest absolute Gasteiger partial charge is 0.223 e. The molecule has 0 aliphatic rings. The number of rotatable bonds is 3. The van der Waals surface area contributed by atoms with Gasteiger partial charge in [0.25, 0.3) is 0 Å². The van der Waals surface area contributed by atoms with Crippen molar-refractivity contribution >= 4 is 0 Å². The fraction of sp³-hybridized carbons (Fsp3) is 0.214. The maximum Gasteiger partial charge on any atom is 0.223 e. The van der Waals surface area contributed by atoms with Crippen LogP contribution >= 0.6 is 0 Å². The van der Waals surface area contributed by atoms with E-state index in [2.05, 4.69) is 0 Å². The first-order valence-electron chi connectivity index (χ1n) is 5.81. The lowest BCUT2D eigenvalue weighted by Crippen LogP contribution is -2.14. The van der Waals surface area contributed by atoms with Gasteiger partial charge in [-0.1, -0.05) is 12.1 Å². The number of benzene rings is 1. The molecule has 2 rings (SSSR count). The van der Waals surface area contributed by atoms with Crippen LogP contribution in [0.2, 0.25) is 0 Å². The Morgan fingerprint density at radius 2 is 1.89 bits per heavy atom. The van der Waals surface area contributed by atoms with Crippen molar-refractivity contribution in [1.82, 2.24) is 4.57 Å². The molecule has 100 valence electrons. The monoisotopic (exact) mass is 263 g/mol. The van der Waals surface area contributed by atoms with Gasteiger partial charge in [0.15, 0.2) is 5.75 Å². The Labute approximate surface area is 109 Å². The first kappa shape index (κ1) is 13.3. The Balaban J connectivity index is 2.24. The highest BCUT2D eigenvalue weighted by molar-refractivity contribution is 5.26. The van der Waals surface area contributed by atoms with Crippen molar-refractivity contribution in [3.8, 4) is 5.75 Å². The molecule has 2 aromatic rings. The number of halogens is 1. The zero-order valence-electron chi connectivity index (χ0n) is 10.4. The number of aliphatic hydroxyl groups is 1. The third-order valence-corrected chi connectivity index (χ3v) is 3.04. The van der Waals surface area contributed by atoms with Crippen molar-refractivity contribution in [1.29, 1.82) is 0 Å². The van der Waals surface area contributed by atoms with Crippen LogP contribution in [0.1, 0.15) is 17.4 Å².